The highest BCUT2D eigenvalue weighted by molar-refractivity contribution is 6.34. The molecule has 4 heteroatoms. The Bertz CT molecular complexity index is 5070. The van der Waals surface area contributed by atoms with Crippen LogP contribution in [0.15, 0.2) is 267 Å². The Balaban J connectivity index is 1.03. The van der Waals surface area contributed by atoms with Gasteiger partial charge in [-0.3, -0.25) is 0 Å². The third kappa shape index (κ3) is 7.35. The van der Waals surface area contributed by atoms with E-state index in [1.165, 1.54) is 131 Å². The van der Waals surface area contributed by atoms with Crippen molar-refractivity contribution in [1.29, 1.82) is 0 Å². The lowest BCUT2D eigenvalue weighted by molar-refractivity contribution is 0.591. The van der Waals surface area contributed by atoms with Gasteiger partial charge in [-0.05, 0) is 175 Å². The maximum absolute atomic E-state index is 2.60. The molecule has 0 aliphatic carbocycles. The van der Waals surface area contributed by atoms with Crippen LogP contribution in [0, 0.1) is 0 Å². The van der Waals surface area contributed by atoms with E-state index in [4.69, 9.17) is 0 Å². The average Bonchev–Trinajstić information content (AvgIpc) is 1.54. The number of benzene rings is 13. The van der Waals surface area contributed by atoms with Gasteiger partial charge in [0.2, 0.25) is 0 Å². The molecule has 17 aromatic rings. The standard InChI is InChI=1S/C82H62N4/c1-81(2,3)53-37-41-69-67(45-53)77-71(83(55-29-17-9-18-30-55)56-31-19-10-20-32-56)43-39-59-61-47-63-65(49-73(61)85(69)79(59)77)75(51-25-13-7-14-26-51)64-48-62-60-40-44-72(84(57-33-21-11-22-34-57)58-35-23-12-24-36-58)78-68-46-54(82(4,5)6)38-42-70(68)86(80(60)78)74(62)50-66(64)76(63)52-27-15-8-16-28-52/h7-50H,1-6H3. The number of anilines is 6. The van der Waals surface area contributed by atoms with Crippen LogP contribution in [-0.2, 0) is 10.8 Å². The largest absolute Gasteiger partial charge is 0.310 e. The Kier molecular flexibility index (Phi) is 10.8. The molecule has 0 spiro atoms. The molecule has 86 heavy (non-hydrogen) atoms. The van der Waals surface area contributed by atoms with Crippen LogP contribution in [0.4, 0.5) is 34.1 Å². The number of fused-ring (bicyclic) bond motifs is 14. The third-order valence-electron chi connectivity index (χ3n) is 18.6. The SMILES string of the molecule is CC(C)(C)c1ccc2c(c1)c1c(N(c3ccccc3)c3ccccc3)ccc3c4cc5c(-c6ccccc6)c6cc7c(cc6c(-c6ccccc6)c5cc4n2c31)c1ccc(N(c2ccccc2)c2ccccc2)c2c3cc(C(C)(C)C)ccc3n7c12. The van der Waals surface area contributed by atoms with E-state index in [1.54, 1.807) is 0 Å². The summed E-state index contributed by atoms with van der Waals surface area (Å²) < 4.78 is 5.19. The fourth-order valence-corrected chi connectivity index (χ4v) is 14.6. The van der Waals surface area contributed by atoms with E-state index >= 15 is 0 Å². The first-order chi connectivity index (χ1) is 42.0. The van der Waals surface area contributed by atoms with Crippen LogP contribution in [0.25, 0.3) is 120 Å². The lowest BCUT2D eigenvalue weighted by Gasteiger charge is -2.26. The van der Waals surface area contributed by atoms with E-state index in [-0.39, 0.29) is 10.8 Å². The highest BCUT2D eigenvalue weighted by Gasteiger charge is 2.30. The van der Waals surface area contributed by atoms with Gasteiger partial charge in [-0.2, -0.15) is 0 Å². The zero-order valence-electron chi connectivity index (χ0n) is 49.2. The van der Waals surface area contributed by atoms with Gasteiger partial charge in [0.05, 0.1) is 44.5 Å². The molecule has 0 fully saturated rings. The van der Waals surface area contributed by atoms with E-state index in [2.05, 4.69) is 327 Å². The van der Waals surface area contributed by atoms with Gasteiger partial charge in [0, 0.05) is 65.8 Å². The van der Waals surface area contributed by atoms with Crippen LogP contribution in [0.2, 0.25) is 0 Å². The molecule has 17 rings (SSSR count). The first-order valence-corrected chi connectivity index (χ1v) is 30.3. The first-order valence-electron chi connectivity index (χ1n) is 30.3. The maximum atomic E-state index is 2.60. The summed E-state index contributed by atoms with van der Waals surface area (Å²) in [6.07, 6.45) is 0. The second-order valence-corrected chi connectivity index (χ2v) is 25.7. The molecule has 0 saturated heterocycles. The minimum absolute atomic E-state index is 0.0549. The quantitative estimate of drug-likeness (QED) is 0.141. The van der Waals surface area contributed by atoms with E-state index in [0.29, 0.717) is 0 Å². The number of aromatic nitrogens is 2. The van der Waals surface area contributed by atoms with E-state index in [9.17, 15) is 0 Å². The summed E-state index contributed by atoms with van der Waals surface area (Å²) in [4.78, 5) is 4.90. The van der Waals surface area contributed by atoms with Crippen molar-refractivity contribution in [3.8, 4) is 22.3 Å². The smallest absolute Gasteiger partial charge is 0.0641 e. The fourth-order valence-electron chi connectivity index (χ4n) is 14.6. The molecule has 0 bridgehead atoms. The van der Waals surface area contributed by atoms with Crippen molar-refractivity contribution in [3.05, 3.63) is 278 Å². The van der Waals surface area contributed by atoms with Crippen molar-refractivity contribution in [2.45, 2.75) is 52.4 Å². The second-order valence-electron chi connectivity index (χ2n) is 25.7. The van der Waals surface area contributed by atoms with Gasteiger partial charge in [0.15, 0.2) is 0 Å². The van der Waals surface area contributed by atoms with Crippen molar-refractivity contribution < 1.29 is 0 Å². The fraction of sp³-hybridized carbons (Fsp3) is 0.0976. The molecule has 410 valence electrons. The third-order valence-corrected chi connectivity index (χ3v) is 18.6. The van der Waals surface area contributed by atoms with Crippen molar-refractivity contribution >= 4 is 132 Å². The van der Waals surface area contributed by atoms with Crippen molar-refractivity contribution in [2.24, 2.45) is 0 Å². The molecule has 0 aliphatic heterocycles. The van der Waals surface area contributed by atoms with E-state index < -0.39 is 0 Å². The molecule has 13 aromatic carbocycles. The van der Waals surface area contributed by atoms with Gasteiger partial charge < -0.3 is 18.6 Å². The molecule has 0 saturated carbocycles. The van der Waals surface area contributed by atoms with Crippen molar-refractivity contribution in [2.75, 3.05) is 9.80 Å². The minimum Gasteiger partial charge on any atom is -0.310 e. The lowest BCUT2D eigenvalue weighted by Crippen LogP contribution is -2.11. The Morgan fingerprint density at radius 3 is 0.895 bits per heavy atom. The monoisotopic (exact) mass is 1100 g/mol. The van der Waals surface area contributed by atoms with Gasteiger partial charge in [-0.1, -0.05) is 199 Å². The van der Waals surface area contributed by atoms with Gasteiger partial charge >= 0.3 is 0 Å². The maximum Gasteiger partial charge on any atom is 0.0641 e. The first kappa shape index (κ1) is 50.1. The van der Waals surface area contributed by atoms with Crippen molar-refractivity contribution in [1.82, 2.24) is 8.80 Å². The molecular weight excluding hydrogens is 1040 g/mol. The minimum atomic E-state index is -0.0549. The number of hydrogen-bond donors (Lipinski definition) is 0. The van der Waals surface area contributed by atoms with E-state index in [0.717, 1.165) is 34.1 Å². The molecule has 0 amide bonds. The summed E-state index contributed by atoms with van der Waals surface area (Å²) in [7, 11) is 0. The molecule has 0 aliphatic rings. The molecule has 0 radical (unpaired) electrons. The predicted octanol–water partition coefficient (Wildman–Crippen LogP) is 23.2. The summed E-state index contributed by atoms with van der Waals surface area (Å²) in [5, 5.41) is 14.9. The van der Waals surface area contributed by atoms with Crippen molar-refractivity contribution in [3.63, 3.8) is 0 Å². The van der Waals surface area contributed by atoms with Crippen LogP contribution >= 0.6 is 0 Å². The van der Waals surface area contributed by atoms with Gasteiger partial charge in [0.1, 0.15) is 0 Å². The van der Waals surface area contributed by atoms with Crippen LogP contribution in [-0.4, -0.2) is 8.80 Å². The highest BCUT2D eigenvalue weighted by Crippen LogP contribution is 2.54. The zero-order valence-corrected chi connectivity index (χ0v) is 49.2. The number of rotatable bonds is 8. The van der Waals surface area contributed by atoms with Crippen LogP contribution in [0.1, 0.15) is 52.7 Å². The topological polar surface area (TPSA) is 15.3 Å². The molecule has 0 unspecified atom stereocenters. The summed E-state index contributed by atoms with van der Waals surface area (Å²) in [6, 6.07) is 100. The molecule has 4 heterocycles. The molecule has 0 atom stereocenters. The Labute approximate surface area is 500 Å². The summed E-state index contributed by atoms with van der Waals surface area (Å²) >= 11 is 0. The zero-order chi connectivity index (χ0) is 57.7. The summed E-state index contributed by atoms with van der Waals surface area (Å²) in [6.45, 7) is 14.0. The van der Waals surface area contributed by atoms with Gasteiger partial charge in [0.25, 0.3) is 0 Å². The Morgan fingerprint density at radius 1 is 0.256 bits per heavy atom. The number of hydrogen-bond acceptors (Lipinski definition) is 2. The molecule has 4 aromatic heterocycles. The lowest BCUT2D eigenvalue weighted by atomic mass is 9.84. The molecule has 0 N–H and O–H groups in total. The predicted molar refractivity (Wildman–Crippen MR) is 368 cm³/mol. The van der Waals surface area contributed by atoms with E-state index in [1.807, 2.05) is 0 Å². The Hall–Kier alpha value is -10.4. The van der Waals surface area contributed by atoms with Gasteiger partial charge in [-0.15, -0.1) is 0 Å². The average molecular weight is 1100 g/mol. The van der Waals surface area contributed by atoms with Crippen LogP contribution in [0.5, 0.6) is 0 Å². The second kappa shape index (κ2) is 18.5. The van der Waals surface area contributed by atoms with Gasteiger partial charge in [-0.25, -0.2) is 0 Å². The molecule has 4 nitrogen and oxygen atoms in total. The highest BCUT2D eigenvalue weighted by atomic mass is 15.2. The summed E-state index contributed by atoms with van der Waals surface area (Å²) in [5.41, 5.74) is 21.5. The Morgan fingerprint density at radius 2 is 0.570 bits per heavy atom. The summed E-state index contributed by atoms with van der Waals surface area (Å²) in [5.74, 6) is 0. The van der Waals surface area contributed by atoms with Crippen LogP contribution < -0.4 is 9.80 Å². The molecular formula is C82H62N4. The normalized spacial score (nSPS) is 12.5. The number of nitrogens with zero attached hydrogens (tertiary/aromatic N) is 4. The van der Waals surface area contributed by atoms with Crippen LogP contribution in [0.3, 0.4) is 0 Å². The number of para-hydroxylation sites is 4.